The van der Waals surface area contributed by atoms with Crippen molar-refractivity contribution in [3.05, 3.63) is 68.1 Å². The van der Waals surface area contributed by atoms with E-state index in [2.05, 4.69) is 25.9 Å². The van der Waals surface area contributed by atoms with Crippen LogP contribution in [0.1, 0.15) is 101 Å². The van der Waals surface area contributed by atoms with Gasteiger partial charge in [-0.2, -0.15) is 0 Å². The fourth-order valence-corrected chi connectivity index (χ4v) is 7.27. The molecule has 2 aliphatic rings. The fourth-order valence-electron chi connectivity index (χ4n) is 5.40. The summed E-state index contributed by atoms with van der Waals surface area (Å²) < 4.78 is 0. The summed E-state index contributed by atoms with van der Waals surface area (Å²) in [5, 5.41) is 13.7. The number of nitrogens with zero attached hydrogens (tertiary/aromatic N) is 3. The molecule has 4 bridgehead atoms. The van der Waals surface area contributed by atoms with Crippen molar-refractivity contribution in [2.75, 3.05) is 19.6 Å². The zero-order valence-electron chi connectivity index (χ0n) is 25.2. The Morgan fingerprint density at radius 3 is 2.36 bits per heavy atom. The second-order valence-electron chi connectivity index (χ2n) is 11.9. The van der Waals surface area contributed by atoms with Gasteiger partial charge in [0.05, 0.1) is 18.6 Å². The number of carbonyl (C=O) groups is 4. The van der Waals surface area contributed by atoms with Gasteiger partial charge >= 0.3 is 0 Å². The molecule has 44 heavy (non-hydrogen) atoms. The summed E-state index contributed by atoms with van der Waals surface area (Å²) in [7, 11) is 0. The van der Waals surface area contributed by atoms with Crippen molar-refractivity contribution < 1.29 is 19.2 Å². The second-order valence-corrected chi connectivity index (χ2v) is 13.7. The molecule has 2 atom stereocenters. The van der Waals surface area contributed by atoms with Gasteiger partial charge in [0.2, 0.25) is 11.8 Å². The van der Waals surface area contributed by atoms with E-state index in [0.29, 0.717) is 48.3 Å². The molecule has 3 N–H and O–H groups in total. The summed E-state index contributed by atoms with van der Waals surface area (Å²) in [6.45, 7) is 4.56. The van der Waals surface area contributed by atoms with E-state index in [9.17, 15) is 19.2 Å². The highest BCUT2D eigenvalue weighted by atomic mass is 32.1. The van der Waals surface area contributed by atoms with E-state index in [1.807, 2.05) is 44.2 Å². The Bertz CT molecular complexity index is 1450. The van der Waals surface area contributed by atoms with Crippen molar-refractivity contribution in [1.29, 1.82) is 0 Å². The molecule has 0 saturated heterocycles. The molecule has 234 valence electrons. The minimum absolute atomic E-state index is 0.0196. The number of thiazole rings is 2. The summed E-state index contributed by atoms with van der Waals surface area (Å²) >= 11 is 2.65. The molecule has 4 amide bonds. The number of aromatic nitrogens is 2. The molecule has 0 spiro atoms. The molecule has 1 fully saturated rings. The number of hydrogen-bond donors (Lipinski definition) is 3. The Labute approximate surface area is 266 Å². The van der Waals surface area contributed by atoms with E-state index < -0.39 is 12.1 Å². The molecule has 12 heteroatoms. The zero-order valence-corrected chi connectivity index (χ0v) is 26.8. The predicted octanol–water partition coefficient (Wildman–Crippen LogP) is 4.67. The first-order valence-electron chi connectivity index (χ1n) is 15.4. The minimum Gasteiger partial charge on any atom is -0.351 e. The number of benzene rings is 1. The third-order valence-corrected chi connectivity index (χ3v) is 10.1. The predicted molar refractivity (Wildman–Crippen MR) is 170 cm³/mol. The lowest BCUT2D eigenvalue weighted by atomic mass is 9.82. The van der Waals surface area contributed by atoms with Crippen LogP contribution in [0.2, 0.25) is 0 Å². The van der Waals surface area contributed by atoms with Crippen LogP contribution in [0, 0.1) is 11.8 Å². The van der Waals surface area contributed by atoms with Gasteiger partial charge in [-0.25, -0.2) is 9.97 Å². The largest absolute Gasteiger partial charge is 0.351 e. The molecule has 2 aromatic heterocycles. The molecule has 0 radical (unpaired) electrons. The molecular weight excluding hydrogens is 597 g/mol. The molecule has 3 aromatic rings. The Balaban J connectivity index is 1.41. The number of fused-ring (bicyclic) bond motifs is 4. The van der Waals surface area contributed by atoms with E-state index in [4.69, 9.17) is 0 Å². The summed E-state index contributed by atoms with van der Waals surface area (Å²) in [4.78, 5) is 63.8. The van der Waals surface area contributed by atoms with E-state index >= 15 is 0 Å². The van der Waals surface area contributed by atoms with Crippen LogP contribution in [-0.4, -0.2) is 58.1 Å². The monoisotopic (exact) mass is 636 g/mol. The third kappa shape index (κ3) is 8.29. The van der Waals surface area contributed by atoms with Gasteiger partial charge < -0.3 is 20.9 Å². The fraction of sp³-hybridized carbons (Fsp3) is 0.500. The van der Waals surface area contributed by atoms with Gasteiger partial charge in [-0.1, -0.05) is 63.4 Å². The van der Waals surface area contributed by atoms with Crippen LogP contribution in [0.5, 0.6) is 0 Å². The quantitative estimate of drug-likeness (QED) is 0.360. The number of rotatable bonds is 6. The molecular formula is C32H40N6O4S2. The summed E-state index contributed by atoms with van der Waals surface area (Å²) in [6, 6.07) is 8.92. The lowest BCUT2D eigenvalue weighted by molar-refractivity contribution is -0.136. The lowest BCUT2D eigenvalue weighted by Crippen LogP contribution is -2.43. The Morgan fingerprint density at radius 1 is 0.955 bits per heavy atom. The van der Waals surface area contributed by atoms with Crippen LogP contribution in [0.15, 0.2) is 41.1 Å². The minimum atomic E-state index is -0.479. The van der Waals surface area contributed by atoms with E-state index in [1.165, 1.54) is 29.1 Å². The number of hydrogen-bond acceptors (Lipinski definition) is 8. The van der Waals surface area contributed by atoms with Crippen LogP contribution in [0.25, 0.3) is 0 Å². The van der Waals surface area contributed by atoms with Crippen molar-refractivity contribution in [3.63, 3.8) is 0 Å². The first kappa shape index (κ1) is 31.8. The SMILES string of the molecule is CC(C)[C@@H]1NC(=O)c2csc(n2)[C@H](Cc2ccccc2)NC(=O)CN(C(=O)CCC2CCC2)CCCNC(=O)c2csc1n2. The summed E-state index contributed by atoms with van der Waals surface area (Å²) in [5.41, 5.74) is 1.56. The number of nitrogens with one attached hydrogen (secondary N) is 3. The van der Waals surface area contributed by atoms with Gasteiger partial charge in [0.25, 0.3) is 11.8 Å². The smallest absolute Gasteiger partial charge is 0.271 e. The summed E-state index contributed by atoms with van der Waals surface area (Å²) in [5.74, 6) is -0.403. The molecule has 1 aliphatic carbocycles. The van der Waals surface area contributed by atoms with Gasteiger partial charge in [0.1, 0.15) is 21.4 Å². The summed E-state index contributed by atoms with van der Waals surface area (Å²) in [6.07, 6.45) is 5.75. The van der Waals surface area contributed by atoms with Crippen molar-refractivity contribution >= 4 is 46.3 Å². The van der Waals surface area contributed by atoms with E-state index in [0.717, 1.165) is 24.8 Å². The highest BCUT2D eigenvalue weighted by Crippen LogP contribution is 2.31. The van der Waals surface area contributed by atoms with E-state index in [1.54, 1.807) is 15.7 Å². The van der Waals surface area contributed by atoms with Crippen LogP contribution in [0.4, 0.5) is 0 Å². The molecule has 0 unspecified atom stereocenters. The zero-order chi connectivity index (χ0) is 31.1. The molecule has 1 saturated carbocycles. The average Bonchev–Trinajstić information content (AvgIpc) is 3.67. The van der Waals surface area contributed by atoms with Crippen LogP contribution in [-0.2, 0) is 16.0 Å². The maximum atomic E-state index is 13.5. The molecule has 1 aromatic carbocycles. The maximum Gasteiger partial charge on any atom is 0.271 e. The third-order valence-electron chi connectivity index (χ3n) is 8.21. The van der Waals surface area contributed by atoms with Gasteiger partial charge in [-0.3, -0.25) is 19.2 Å². The van der Waals surface area contributed by atoms with E-state index in [-0.39, 0.29) is 47.5 Å². The van der Waals surface area contributed by atoms with Crippen molar-refractivity contribution in [3.8, 4) is 0 Å². The number of carbonyl (C=O) groups excluding carboxylic acids is 4. The van der Waals surface area contributed by atoms with Gasteiger partial charge in [0, 0.05) is 30.3 Å². The topological polar surface area (TPSA) is 133 Å². The molecule has 5 rings (SSSR count). The lowest BCUT2D eigenvalue weighted by Gasteiger charge is -2.27. The molecule has 3 heterocycles. The van der Waals surface area contributed by atoms with Crippen molar-refractivity contribution in [1.82, 2.24) is 30.8 Å². The van der Waals surface area contributed by atoms with Crippen LogP contribution >= 0.6 is 22.7 Å². The second kappa shape index (κ2) is 14.9. The highest BCUT2D eigenvalue weighted by molar-refractivity contribution is 7.10. The Hall–Kier alpha value is -3.64. The standard InChI is InChI=1S/C32H40N6O4S2/c1-20(2)28-32-36-24(18-44-32)29(41)33-14-7-15-38(27(40)13-12-21-10-6-11-21)17-26(39)34-23(16-22-8-4-3-5-9-22)31-35-25(19-43-31)30(42)37-28/h3-5,8-9,18-21,23,28H,6-7,10-17H2,1-2H3,(H,33,41)(H,34,39)(H,37,42)/t23-,28-/m0/s1. The van der Waals surface area contributed by atoms with Crippen molar-refractivity contribution in [2.24, 2.45) is 11.8 Å². The Kier molecular flexibility index (Phi) is 10.8. The van der Waals surface area contributed by atoms with Gasteiger partial charge in [-0.15, -0.1) is 22.7 Å². The molecule has 10 nitrogen and oxygen atoms in total. The maximum absolute atomic E-state index is 13.5. The first-order valence-corrected chi connectivity index (χ1v) is 17.1. The van der Waals surface area contributed by atoms with Crippen LogP contribution in [0.3, 0.4) is 0 Å². The normalized spacial score (nSPS) is 20.5. The highest BCUT2D eigenvalue weighted by Gasteiger charge is 2.28. The van der Waals surface area contributed by atoms with Gasteiger partial charge in [-0.05, 0) is 36.7 Å². The van der Waals surface area contributed by atoms with Gasteiger partial charge in [0.15, 0.2) is 0 Å². The average molecular weight is 637 g/mol. The number of amides is 4. The first-order chi connectivity index (χ1) is 21.3. The van der Waals surface area contributed by atoms with Crippen molar-refractivity contribution in [2.45, 2.75) is 70.9 Å². The van der Waals surface area contributed by atoms with Crippen LogP contribution < -0.4 is 16.0 Å². The molecule has 1 aliphatic heterocycles. The Morgan fingerprint density at radius 2 is 1.66 bits per heavy atom.